The number of piperidine rings is 1. The van der Waals surface area contributed by atoms with Crippen LogP contribution >= 0.6 is 0 Å². The van der Waals surface area contributed by atoms with Crippen molar-refractivity contribution in [2.75, 3.05) is 26.2 Å². The van der Waals surface area contributed by atoms with Crippen molar-refractivity contribution in [2.24, 2.45) is 5.73 Å². The molecule has 4 nitrogen and oxygen atoms in total. The first-order chi connectivity index (χ1) is 7.72. The van der Waals surface area contributed by atoms with Crippen LogP contribution in [0, 0.1) is 0 Å². The molecule has 1 saturated heterocycles. The van der Waals surface area contributed by atoms with Crippen LogP contribution in [0.3, 0.4) is 0 Å². The van der Waals surface area contributed by atoms with Gasteiger partial charge in [0.25, 0.3) is 0 Å². The Morgan fingerprint density at radius 2 is 2.00 bits per heavy atom. The smallest absolute Gasteiger partial charge is 0.234 e. The first-order valence-electron chi connectivity index (χ1n) is 6.47. The van der Waals surface area contributed by atoms with Crippen LogP contribution in [0.25, 0.3) is 0 Å². The van der Waals surface area contributed by atoms with E-state index in [-0.39, 0.29) is 8.76 Å². The second-order valence-corrected chi connectivity index (χ2v) is 3.96. The number of nitrogens with two attached hydrogens (primary N) is 1. The van der Waals surface area contributed by atoms with Gasteiger partial charge in [-0.3, -0.25) is 9.69 Å². The monoisotopic (exact) mass is 233 g/mol. The number of nitrogens with one attached hydrogen (secondary N) is 1. The quantitative estimate of drug-likeness (QED) is 0.773. The minimum Gasteiger partial charge on any atom is -0.355 e. The molecule has 1 fully saturated rings. The van der Waals surface area contributed by atoms with Crippen LogP contribution in [0.1, 0.15) is 42.9 Å². The van der Waals surface area contributed by atoms with Gasteiger partial charge in [0.1, 0.15) is 0 Å². The number of amides is 1. The van der Waals surface area contributed by atoms with Crippen LogP contribution in [0.4, 0.5) is 0 Å². The summed E-state index contributed by atoms with van der Waals surface area (Å²) in [5, 5.41) is 2.88. The Balaban J connectivity index is -0.000000534. The highest BCUT2D eigenvalue weighted by molar-refractivity contribution is 5.77. The lowest BCUT2D eigenvalue weighted by Gasteiger charge is -2.29. The fraction of sp³-hybridized carbons (Fsp3) is 0.917. The van der Waals surface area contributed by atoms with Crippen LogP contribution in [0.15, 0.2) is 0 Å². The zero-order valence-electron chi connectivity index (χ0n) is 11.0. The summed E-state index contributed by atoms with van der Waals surface area (Å²) in [7, 11) is 0. The minimum absolute atomic E-state index is 0. The molecule has 0 radical (unpaired) electrons. The Morgan fingerprint density at radius 3 is 2.50 bits per heavy atom. The molecule has 100 valence electrons. The van der Waals surface area contributed by atoms with Crippen LogP contribution in [0.5, 0.6) is 0 Å². The van der Waals surface area contributed by atoms with Crippen LogP contribution in [-0.4, -0.2) is 43.0 Å². The van der Waals surface area contributed by atoms with Gasteiger partial charge in [-0.25, -0.2) is 0 Å². The molecule has 0 unspecified atom stereocenters. The molecule has 1 rings (SSSR count). The predicted octanol–water partition coefficient (Wildman–Crippen LogP) is 1.45. The lowest BCUT2D eigenvalue weighted by atomic mass is 10.1. The molecule has 1 amide bonds. The van der Waals surface area contributed by atoms with Crippen LogP contribution in [0.2, 0.25) is 0 Å². The molecule has 0 saturated carbocycles. The average molecular weight is 233 g/mol. The SMILES string of the molecule is CC.CCCNC(=O)CN1CCC(N)CC1.[HH].[HH]. The van der Waals surface area contributed by atoms with E-state index in [0.29, 0.717) is 12.6 Å². The van der Waals surface area contributed by atoms with E-state index < -0.39 is 0 Å². The molecule has 16 heavy (non-hydrogen) atoms. The Morgan fingerprint density at radius 1 is 1.44 bits per heavy atom. The number of hydrogen-bond acceptors (Lipinski definition) is 3. The van der Waals surface area contributed by atoms with Crippen molar-refractivity contribution in [3.8, 4) is 0 Å². The number of carbonyl (C=O) groups is 1. The van der Waals surface area contributed by atoms with E-state index >= 15 is 0 Å². The Labute approximate surface area is 103 Å². The van der Waals surface area contributed by atoms with Gasteiger partial charge in [0.15, 0.2) is 0 Å². The summed E-state index contributed by atoms with van der Waals surface area (Å²) in [6, 6.07) is 0.338. The zero-order valence-corrected chi connectivity index (χ0v) is 11.0. The maximum Gasteiger partial charge on any atom is 0.234 e. The third kappa shape index (κ3) is 6.80. The molecule has 0 aliphatic carbocycles. The molecular formula is C12H31N3O. The zero-order chi connectivity index (χ0) is 12.4. The molecular weight excluding hydrogens is 202 g/mol. The summed E-state index contributed by atoms with van der Waals surface area (Å²) >= 11 is 0. The number of hydrogen-bond donors (Lipinski definition) is 2. The minimum atomic E-state index is 0. The largest absolute Gasteiger partial charge is 0.355 e. The van der Waals surface area contributed by atoms with Gasteiger partial charge < -0.3 is 11.1 Å². The van der Waals surface area contributed by atoms with Gasteiger partial charge in [0, 0.05) is 28.5 Å². The Hall–Kier alpha value is -0.610. The summed E-state index contributed by atoms with van der Waals surface area (Å²) in [4.78, 5) is 13.5. The average Bonchev–Trinajstić information content (AvgIpc) is 2.32. The van der Waals surface area contributed by atoms with Crippen molar-refractivity contribution in [1.82, 2.24) is 10.2 Å². The number of nitrogens with zero attached hydrogens (tertiary/aromatic N) is 1. The molecule has 0 atom stereocenters. The molecule has 3 N–H and O–H groups in total. The van der Waals surface area contributed by atoms with Gasteiger partial charge >= 0.3 is 0 Å². The van der Waals surface area contributed by atoms with E-state index in [2.05, 4.69) is 17.1 Å². The lowest BCUT2D eigenvalue weighted by Crippen LogP contribution is -2.44. The maximum atomic E-state index is 11.4. The molecule has 0 aromatic carbocycles. The molecule has 1 aliphatic heterocycles. The van der Waals surface area contributed by atoms with E-state index in [0.717, 1.165) is 38.9 Å². The Bertz CT molecular complexity index is 186. The summed E-state index contributed by atoms with van der Waals surface area (Å²) < 4.78 is 0. The molecule has 0 bridgehead atoms. The maximum absolute atomic E-state index is 11.4. The Kier molecular flexibility index (Phi) is 9.24. The summed E-state index contributed by atoms with van der Waals surface area (Å²) in [6.07, 6.45) is 3.03. The predicted molar refractivity (Wildman–Crippen MR) is 72.5 cm³/mol. The number of likely N-dealkylation sites (tertiary alicyclic amines) is 1. The van der Waals surface area contributed by atoms with Crippen molar-refractivity contribution < 1.29 is 7.65 Å². The van der Waals surface area contributed by atoms with Crippen molar-refractivity contribution in [3.05, 3.63) is 0 Å². The van der Waals surface area contributed by atoms with Gasteiger partial charge in [-0.05, 0) is 19.3 Å². The van der Waals surface area contributed by atoms with E-state index in [4.69, 9.17) is 5.73 Å². The number of carbonyl (C=O) groups excluding carboxylic acids is 1. The first kappa shape index (κ1) is 15.4. The van der Waals surface area contributed by atoms with Crippen molar-refractivity contribution in [3.63, 3.8) is 0 Å². The highest BCUT2D eigenvalue weighted by Crippen LogP contribution is 2.06. The molecule has 0 spiro atoms. The van der Waals surface area contributed by atoms with Crippen LogP contribution < -0.4 is 11.1 Å². The van der Waals surface area contributed by atoms with E-state index in [1.165, 1.54) is 0 Å². The van der Waals surface area contributed by atoms with Gasteiger partial charge in [-0.1, -0.05) is 20.8 Å². The van der Waals surface area contributed by atoms with Crippen molar-refractivity contribution in [2.45, 2.75) is 46.1 Å². The van der Waals surface area contributed by atoms with Gasteiger partial charge in [-0.15, -0.1) is 0 Å². The molecule has 0 aromatic heterocycles. The second-order valence-electron chi connectivity index (χ2n) is 3.96. The van der Waals surface area contributed by atoms with Crippen LogP contribution in [-0.2, 0) is 4.79 Å². The normalized spacial score (nSPS) is 17.5. The van der Waals surface area contributed by atoms with E-state index in [1.807, 2.05) is 13.8 Å². The highest BCUT2D eigenvalue weighted by atomic mass is 16.2. The highest BCUT2D eigenvalue weighted by Gasteiger charge is 2.17. The van der Waals surface area contributed by atoms with E-state index in [9.17, 15) is 4.79 Å². The lowest BCUT2D eigenvalue weighted by molar-refractivity contribution is -0.122. The number of rotatable bonds is 4. The van der Waals surface area contributed by atoms with Gasteiger partial charge in [0.05, 0.1) is 6.54 Å². The molecule has 1 aliphatic rings. The second kappa shape index (κ2) is 9.60. The third-order valence-corrected chi connectivity index (χ3v) is 2.57. The molecule has 4 heteroatoms. The molecule has 0 aromatic rings. The summed E-state index contributed by atoms with van der Waals surface area (Å²) in [5.41, 5.74) is 5.78. The summed E-state index contributed by atoms with van der Waals surface area (Å²) in [6.45, 7) is 9.29. The van der Waals surface area contributed by atoms with E-state index in [1.54, 1.807) is 0 Å². The van der Waals surface area contributed by atoms with Crippen molar-refractivity contribution >= 4 is 5.91 Å². The van der Waals surface area contributed by atoms with Gasteiger partial charge in [-0.2, -0.15) is 0 Å². The first-order valence-corrected chi connectivity index (χ1v) is 6.47. The summed E-state index contributed by atoms with van der Waals surface area (Å²) in [5.74, 6) is 0.141. The molecule has 1 heterocycles. The standard InChI is InChI=1S/C10H21N3O.C2H6.2H2/c1-2-5-12-10(14)8-13-6-3-9(11)4-7-13;1-2;;/h9H,2-8,11H2,1H3,(H,12,14);1-2H3;2*1H. The van der Waals surface area contributed by atoms with Gasteiger partial charge in [0.2, 0.25) is 5.91 Å². The topological polar surface area (TPSA) is 58.4 Å². The fourth-order valence-corrected chi connectivity index (χ4v) is 1.63. The van der Waals surface area contributed by atoms with Crippen molar-refractivity contribution in [1.29, 1.82) is 0 Å². The fourth-order valence-electron chi connectivity index (χ4n) is 1.63. The third-order valence-electron chi connectivity index (χ3n) is 2.57.